The molecule has 0 fully saturated rings. The van der Waals surface area contributed by atoms with E-state index in [1.807, 2.05) is 6.07 Å². The van der Waals surface area contributed by atoms with Gasteiger partial charge in [-0.1, -0.05) is 158 Å². The van der Waals surface area contributed by atoms with Crippen molar-refractivity contribution in [3.63, 3.8) is 0 Å². The van der Waals surface area contributed by atoms with Gasteiger partial charge in [-0.25, -0.2) is 9.97 Å². The Labute approximate surface area is 310 Å². The summed E-state index contributed by atoms with van der Waals surface area (Å²) in [6.07, 6.45) is 0. The molecule has 0 aliphatic heterocycles. The maximum absolute atomic E-state index is 5.29. The third kappa shape index (κ3) is 4.86. The molecule has 3 heteroatoms. The van der Waals surface area contributed by atoms with Gasteiger partial charge in [0.15, 0.2) is 5.82 Å². The van der Waals surface area contributed by atoms with Gasteiger partial charge in [0, 0.05) is 21.2 Å². The lowest BCUT2D eigenvalue weighted by molar-refractivity contribution is 1.24. The molecule has 53 heavy (non-hydrogen) atoms. The average Bonchev–Trinajstić information content (AvgIpc) is 3.63. The topological polar surface area (TPSA) is 25.8 Å². The van der Waals surface area contributed by atoms with E-state index in [-0.39, 0.29) is 0 Å². The Morgan fingerprint density at radius 3 is 1.57 bits per heavy atom. The fourth-order valence-electron chi connectivity index (χ4n) is 8.13. The zero-order chi connectivity index (χ0) is 34.9. The van der Waals surface area contributed by atoms with E-state index in [2.05, 4.69) is 176 Å². The van der Waals surface area contributed by atoms with Crippen LogP contribution in [0.4, 0.5) is 0 Å². The molecule has 0 aliphatic carbocycles. The first kappa shape index (κ1) is 30.0. The van der Waals surface area contributed by atoms with E-state index in [0.29, 0.717) is 0 Å². The summed E-state index contributed by atoms with van der Waals surface area (Å²) < 4.78 is 2.33. The molecule has 0 unspecified atom stereocenters. The summed E-state index contributed by atoms with van der Waals surface area (Å²) in [5.74, 6) is 0.741. The zero-order valence-corrected chi connectivity index (χ0v) is 29.4. The van der Waals surface area contributed by atoms with Crippen LogP contribution in [0, 0.1) is 0 Å². The molecule has 0 spiro atoms. The minimum atomic E-state index is 0.741. The summed E-state index contributed by atoms with van der Waals surface area (Å²) in [6, 6.07) is 65.6. The quantitative estimate of drug-likeness (QED) is 0.172. The highest BCUT2D eigenvalue weighted by atomic mass is 32.1. The molecule has 0 aliphatic rings. The third-order valence-corrected chi connectivity index (χ3v) is 11.8. The zero-order valence-electron chi connectivity index (χ0n) is 28.6. The fourth-order valence-corrected chi connectivity index (χ4v) is 9.30. The van der Waals surface area contributed by atoms with Crippen LogP contribution in [-0.2, 0) is 0 Å². The highest BCUT2D eigenvalue weighted by Crippen LogP contribution is 2.43. The Hall–Kier alpha value is -6.68. The second-order valence-corrected chi connectivity index (χ2v) is 14.8. The molecule has 0 saturated carbocycles. The third-order valence-electron chi connectivity index (χ3n) is 10.6. The van der Waals surface area contributed by atoms with Crippen molar-refractivity contribution >= 4 is 74.7 Å². The van der Waals surface area contributed by atoms with Crippen molar-refractivity contribution in [2.45, 2.75) is 0 Å². The Balaban J connectivity index is 1.07. The van der Waals surface area contributed by atoms with E-state index in [4.69, 9.17) is 9.97 Å². The van der Waals surface area contributed by atoms with Gasteiger partial charge in [0.25, 0.3) is 0 Å². The molecule has 0 bridgehead atoms. The molecule has 0 amide bonds. The van der Waals surface area contributed by atoms with E-state index in [1.165, 1.54) is 69.9 Å². The van der Waals surface area contributed by atoms with Crippen molar-refractivity contribution in [2.24, 2.45) is 0 Å². The lowest BCUT2D eigenvalue weighted by Crippen LogP contribution is -1.94. The summed E-state index contributed by atoms with van der Waals surface area (Å²) >= 11 is 1.78. The van der Waals surface area contributed by atoms with Gasteiger partial charge >= 0.3 is 0 Å². The second-order valence-electron chi connectivity index (χ2n) is 13.7. The summed E-state index contributed by atoms with van der Waals surface area (Å²) in [7, 11) is 0. The van der Waals surface area contributed by atoms with Crippen LogP contribution in [0.5, 0.6) is 0 Å². The van der Waals surface area contributed by atoms with Crippen molar-refractivity contribution in [1.29, 1.82) is 0 Å². The highest BCUT2D eigenvalue weighted by molar-refractivity contribution is 7.26. The molecule has 0 atom stereocenters. The molecule has 9 aromatic carbocycles. The van der Waals surface area contributed by atoms with Crippen LogP contribution in [0.1, 0.15) is 0 Å². The minimum Gasteiger partial charge on any atom is -0.226 e. The molecular weight excluding hydrogens is 661 g/mol. The van der Waals surface area contributed by atoms with Crippen molar-refractivity contribution < 1.29 is 0 Å². The monoisotopic (exact) mass is 690 g/mol. The maximum atomic E-state index is 5.29. The normalized spacial score (nSPS) is 11.8. The van der Waals surface area contributed by atoms with Crippen LogP contribution in [0.25, 0.3) is 108 Å². The van der Waals surface area contributed by atoms with E-state index < -0.39 is 0 Å². The molecule has 2 heterocycles. The number of hydrogen-bond acceptors (Lipinski definition) is 3. The average molecular weight is 691 g/mol. The van der Waals surface area contributed by atoms with Gasteiger partial charge < -0.3 is 0 Å². The van der Waals surface area contributed by atoms with Crippen LogP contribution < -0.4 is 0 Å². The van der Waals surface area contributed by atoms with Gasteiger partial charge in [0.05, 0.1) is 15.9 Å². The Bertz CT molecular complexity index is 3200. The first-order valence-corrected chi connectivity index (χ1v) is 18.8. The molecule has 0 N–H and O–H groups in total. The van der Waals surface area contributed by atoms with Gasteiger partial charge in [-0.15, -0.1) is 11.3 Å². The predicted molar refractivity (Wildman–Crippen MR) is 227 cm³/mol. The van der Waals surface area contributed by atoms with Gasteiger partial charge in [0.1, 0.15) is 0 Å². The number of rotatable bonds is 4. The number of aromatic nitrogens is 2. The largest absolute Gasteiger partial charge is 0.226 e. The van der Waals surface area contributed by atoms with Crippen LogP contribution >= 0.6 is 11.3 Å². The first-order valence-electron chi connectivity index (χ1n) is 18.0. The van der Waals surface area contributed by atoms with E-state index in [1.54, 1.807) is 11.3 Å². The highest BCUT2D eigenvalue weighted by Gasteiger charge is 2.19. The minimum absolute atomic E-state index is 0.741. The van der Waals surface area contributed by atoms with Crippen molar-refractivity contribution in [2.75, 3.05) is 0 Å². The molecular formula is C50H30N2S. The van der Waals surface area contributed by atoms with Crippen LogP contribution in [-0.4, -0.2) is 9.97 Å². The fraction of sp³-hybridized carbons (Fsp3) is 0. The number of thiophene rings is 1. The lowest BCUT2D eigenvalue weighted by atomic mass is 9.91. The summed E-state index contributed by atoms with van der Waals surface area (Å²) in [6.45, 7) is 0. The van der Waals surface area contributed by atoms with Crippen LogP contribution in [0.3, 0.4) is 0 Å². The maximum Gasteiger partial charge on any atom is 0.160 e. The standard InChI is InChI=1S/C50H30N2S/c1-2-13-32(14-3-1)50-51-47(49-48(52-50)46-38-19-5-4-12-31(38)25-27-45(46)53-49)37-18-11-17-35(29-37)33-15-10-16-34(28-33)36-24-26-43-41-22-7-6-20-39(41)40-21-8-9-23-42(40)44(43)30-36/h1-30H. The summed E-state index contributed by atoms with van der Waals surface area (Å²) in [5.41, 5.74) is 8.79. The Morgan fingerprint density at radius 2 is 0.868 bits per heavy atom. The Kier molecular flexibility index (Phi) is 6.76. The number of nitrogens with zero attached hydrogens (tertiary/aromatic N) is 2. The van der Waals surface area contributed by atoms with Crippen molar-refractivity contribution in [3.05, 3.63) is 182 Å². The Morgan fingerprint density at radius 1 is 0.340 bits per heavy atom. The van der Waals surface area contributed by atoms with Crippen molar-refractivity contribution in [3.8, 4) is 44.9 Å². The number of hydrogen-bond donors (Lipinski definition) is 0. The van der Waals surface area contributed by atoms with Gasteiger partial charge in [-0.2, -0.15) is 0 Å². The van der Waals surface area contributed by atoms with E-state index in [0.717, 1.165) is 38.4 Å². The molecule has 246 valence electrons. The van der Waals surface area contributed by atoms with E-state index >= 15 is 0 Å². The van der Waals surface area contributed by atoms with Gasteiger partial charge in [-0.05, 0) is 89.6 Å². The van der Waals surface area contributed by atoms with Crippen LogP contribution in [0.15, 0.2) is 182 Å². The molecule has 0 saturated heterocycles. The number of benzene rings is 9. The van der Waals surface area contributed by atoms with Gasteiger partial charge in [0.2, 0.25) is 0 Å². The molecule has 2 nitrogen and oxygen atoms in total. The second kappa shape index (κ2) is 11.9. The number of fused-ring (bicyclic) bond motifs is 11. The lowest BCUT2D eigenvalue weighted by Gasteiger charge is -2.13. The molecule has 2 aromatic heterocycles. The molecule has 11 rings (SSSR count). The van der Waals surface area contributed by atoms with E-state index in [9.17, 15) is 0 Å². The summed E-state index contributed by atoms with van der Waals surface area (Å²) in [5, 5.41) is 11.4. The first-order chi connectivity index (χ1) is 26.3. The molecule has 11 aromatic rings. The predicted octanol–water partition coefficient (Wildman–Crippen LogP) is 14.1. The van der Waals surface area contributed by atoms with Crippen LogP contribution in [0.2, 0.25) is 0 Å². The van der Waals surface area contributed by atoms with Gasteiger partial charge in [-0.3, -0.25) is 0 Å². The smallest absolute Gasteiger partial charge is 0.160 e. The SMILES string of the molecule is c1ccc(-c2nc(-c3cccc(-c4cccc(-c5ccc6c7ccccc7c7ccccc7c6c5)c4)c3)c3sc4ccc5ccccc5c4c3n2)cc1. The van der Waals surface area contributed by atoms with Crippen molar-refractivity contribution in [1.82, 2.24) is 9.97 Å². The molecule has 0 radical (unpaired) electrons. The summed E-state index contributed by atoms with van der Waals surface area (Å²) in [4.78, 5) is 10.5.